The Kier molecular flexibility index (Phi) is 11.9. The molecule has 0 bridgehead atoms. The van der Waals surface area contributed by atoms with Crippen LogP contribution in [0.25, 0.3) is 0 Å². The molecule has 3 aliphatic carbocycles. The van der Waals surface area contributed by atoms with Crippen molar-refractivity contribution in [1.82, 2.24) is 0 Å². The van der Waals surface area contributed by atoms with Crippen LogP contribution in [0.4, 0.5) is 0 Å². The highest BCUT2D eigenvalue weighted by Crippen LogP contribution is 2.37. The summed E-state index contributed by atoms with van der Waals surface area (Å²) >= 11 is 0. The van der Waals surface area contributed by atoms with Gasteiger partial charge in [0, 0.05) is 6.92 Å². The molecular formula is C32H60O3. The lowest BCUT2D eigenvalue weighted by molar-refractivity contribution is -0.379. The Labute approximate surface area is 218 Å². The topological polar surface area (TPSA) is 27.7 Å². The molecule has 0 aromatic carbocycles. The molecule has 0 amide bonds. The number of rotatable bonds is 12. The van der Waals surface area contributed by atoms with Crippen LogP contribution in [-0.4, -0.2) is 25.8 Å². The second-order valence-electron chi connectivity index (χ2n) is 13.9. The van der Waals surface area contributed by atoms with Gasteiger partial charge in [0.2, 0.25) is 0 Å². The van der Waals surface area contributed by atoms with Gasteiger partial charge in [-0.25, -0.2) is 0 Å². The molecule has 0 N–H and O–H groups in total. The summed E-state index contributed by atoms with van der Waals surface area (Å²) in [5.74, 6) is 6.18. The minimum Gasteiger partial charge on any atom is -0.327 e. The molecule has 3 nitrogen and oxygen atoms in total. The summed E-state index contributed by atoms with van der Waals surface area (Å²) in [7, 11) is 0. The van der Waals surface area contributed by atoms with E-state index >= 15 is 0 Å². The highest BCUT2D eigenvalue weighted by Gasteiger charge is 2.34. The first-order valence-corrected chi connectivity index (χ1v) is 15.6. The Morgan fingerprint density at radius 1 is 0.457 bits per heavy atom. The van der Waals surface area contributed by atoms with Gasteiger partial charge in [0.15, 0.2) is 0 Å². The zero-order valence-electron chi connectivity index (χ0n) is 24.5. The van der Waals surface area contributed by atoms with Crippen LogP contribution in [-0.2, 0) is 14.2 Å². The van der Waals surface area contributed by atoms with E-state index in [2.05, 4.69) is 48.5 Å². The van der Waals surface area contributed by atoms with Crippen molar-refractivity contribution in [3.05, 3.63) is 0 Å². The molecule has 0 radical (unpaired) electrons. The molecule has 35 heavy (non-hydrogen) atoms. The fourth-order valence-electron chi connectivity index (χ4n) is 7.00. The van der Waals surface area contributed by atoms with Crippen molar-refractivity contribution in [3.63, 3.8) is 0 Å². The first kappa shape index (κ1) is 29.4. The summed E-state index contributed by atoms with van der Waals surface area (Å²) in [4.78, 5) is 0. The van der Waals surface area contributed by atoms with Gasteiger partial charge in [-0.05, 0) is 130 Å². The molecule has 0 aromatic rings. The summed E-state index contributed by atoms with van der Waals surface area (Å²) in [6, 6.07) is 0. The monoisotopic (exact) mass is 492 g/mol. The average molecular weight is 493 g/mol. The fourth-order valence-corrected chi connectivity index (χ4v) is 7.00. The number of ether oxygens (including phenoxy) is 3. The van der Waals surface area contributed by atoms with E-state index in [0.717, 1.165) is 55.3 Å². The van der Waals surface area contributed by atoms with Crippen LogP contribution in [0.15, 0.2) is 0 Å². The third-order valence-electron chi connectivity index (χ3n) is 10.2. The van der Waals surface area contributed by atoms with E-state index in [-0.39, 0.29) is 0 Å². The van der Waals surface area contributed by atoms with Crippen LogP contribution in [0.2, 0.25) is 0 Å². The third kappa shape index (κ3) is 9.60. The zero-order chi connectivity index (χ0) is 25.4. The molecule has 0 unspecified atom stereocenters. The van der Waals surface area contributed by atoms with Gasteiger partial charge in [0.05, 0.1) is 19.8 Å². The Hall–Kier alpha value is -0.120. The lowest BCUT2D eigenvalue weighted by atomic mass is 9.77. The van der Waals surface area contributed by atoms with E-state index in [1.54, 1.807) is 0 Å². The second-order valence-corrected chi connectivity index (χ2v) is 13.9. The van der Waals surface area contributed by atoms with Gasteiger partial charge in [-0.1, -0.05) is 41.5 Å². The molecule has 0 spiro atoms. The molecule has 3 aliphatic rings. The third-order valence-corrected chi connectivity index (χ3v) is 10.2. The summed E-state index contributed by atoms with van der Waals surface area (Å²) in [5.41, 5.74) is 0. The van der Waals surface area contributed by atoms with Gasteiger partial charge < -0.3 is 14.2 Å². The molecule has 3 heteroatoms. The largest absolute Gasteiger partial charge is 0.327 e. The van der Waals surface area contributed by atoms with Crippen molar-refractivity contribution in [2.24, 2.45) is 53.3 Å². The minimum atomic E-state index is -0.890. The van der Waals surface area contributed by atoms with E-state index in [1.165, 1.54) is 77.0 Å². The van der Waals surface area contributed by atoms with E-state index in [0.29, 0.717) is 17.8 Å². The van der Waals surface area contributed by atoms with Gasteiger partial charge >= 0.3 is 0 Å². The Bertz CT molecular complexity index is 483. The van der Waals surface area contributed by atoms with Crippen LogP contribution in [0.3, 0.4) is 0 Å². The minimum absolute atomic E-state index is 0.652. The van der Waals surface area contributed by atoms with Crippen LogP contribution < -0.4 is 0 Å². The van der Waals surface area contributed by atoms with Crippen molar-refractivity contribution < 1.29 is 14.2 Å². The van der Waals surface area contributed by atoms with Gasteiger partial charge in [-0.3, -0.25) is 0 Å². The van der Waals surface area contributed by atoms with Crippen LogP contribution in [0.1, 0.15) is 126 Å². The van der Waals surface area contributed by atoms with Crippen molar-refractivity contribution in [2.45, 2.75) is 131 Å². The molecule has 0 aromatic heterocycles. The molecule has 0 atom stereocenters. The maximum absolute atomic E-state index is 6.52. The molecule has 0 saturated heterocycles. The summed E-state index contributed by atoms with van der Waals surface area (Å²) in [6.45, 7) is 18.7. The Balaban J connectivity index is 1.49. The molecular weight excluding hydrogens is 432 g/mol. The quantitative estimate of drug-likeness (QED) is 0.254. The highest BCUT2D eigenvalue weighted by molar-refractivity contribution is 4.77. The Morgan fingerprint density at radius 3 is 0.886 bits per heavy atom. The SMILES string of the molecule is CC(C)C1CCC(COC(C)(OCC2CCC(C(C)C)CC2)OCC2CCC(C(C)C)CC2)CC1. The van der Waals surface area contributed by atoms with E-state index in [1.807, 2.05) is 0 Å². The second kappa shape index (κ2) is 14.1. The highest BCUT2D eigenvalue weighted by atomic mass is 16.9. The van der Waals surface area contributed by atoms with Crippen molar-refractivity contribution >= 4 is 0 Å². The van der Waals surface area contributed by atoms with E-state index in [4.69, 9.17) is 14.2 Å². The normalized spacial score (nSPS) is 34.5. The molecule has 206 valence electrons. The molecule has 3 saturated carbocycles. The number of hydrogen-bond donors (Lipinski definition) is 0. The average Bonchev–Trinajstić information content (AvgIpc) is 2.86. The van der Waals surface area contributed by atoms with Crippen LogP contribution in [0.5, 0.6) is 0 Å². The Morgan fingerprint density at radius 2 is 0.686 bits per heavy atom. The summed E-state index contributed by atoms with van der Waals surface area (Å²) in [5, 5.41) is 0. The zero-order valence-corrected chi connectivity index (χ0v) is 24.5. The van der Waals surface area contributed by atoms with Crippen LogP contribution in [0, 0.1) is 53.3 Å². The predicted molar refractivity (Wildman–Crippen MR) is 147 cm³/mol. The van der Waals surface area contributed by atoms with Crippen molar-refractivity contribution in [2.75, 3.05) is 19.8 Å². The van der Waals surface area contributed by atoms with E-state index in [9.17, 15) is 0 Å². The van der Waals surface area contributed by atoms with Crippen molar-refractivity contribution in [1.29, 1.82) is 0 Å². The van der Waals surface area contributed by atoms with Crippen LogP contribution >= 0.6 is 0 Å². The summed E-state index contributed by atoms with van der Waals surface area (Å²) in [6.07, 6.45) is 15.8. The van der Waals surface area contributed by atoms with Gasteiger partial charge in [0.1, 0.15) is 0 Å². The van der Waals surface area contributed by atoms with Gasteiger partial charge in [-0.2, -0.15) is 0 Å². The van der Waals surface area contributed by atoms with E-state index < -0.39 is 5.97 Å². The maximum Gasteiger partial charge on any atom is 0.279 e. The molecule has 0 aliphatic heterocycles. The fraction of sp³-hybridized carbons (Fsp3) is 1.00. The predicted octanol–water partition coefficient (Wildman–Crippen LogP) is 9.10. The smallest absolute Gasteiger partial charge is 0.279 e. The maximum atomic E-state index is 6.52. The van der Waals surface area contributed by atoms with Crippen molar-refractivity contribution in [3.8, 4) is 0 Å². The number of hydrogen-bond acceptors (Lipinski definition) is 3. The first-order valence-electron chi connectivity index (χ1n) is 15.6. The lowest BCUT2D eigenvalue weighted by Crippen LogP contribution is -2.41. The summed E-state index contributed by atoms with van der Waals surface area (Å²) < 4.78 is 19.6. The molecule has 3 rings (SSSR count). The molecule has 3 fully saturated rings. The molecule has 0 heterocycles. The lowest BCUT2D eigenvalue weighted by Gasteiger charge is -2.38. The van der Waals surface area contributed by atoms with Gasteiger partial charge in [-0.15, -0.1) is 0 Å². The first-order chi connectivity index (χ1) is 16.6. The standard InChI is InChI=1S/C32H60O3/c1-23(2)29-14-8-26(9-15-29)20-33-32(7,34-21-27-10-16-30(17-11-27)24(3)4)35-22-28-12-18-31(19-13-28)25(5)6/h23-31H,8-22H2,1-7H3. The van der Waals surface area contributed by atoms with Gasteiger partial charge in [0.25, 0.3) is 5.97 Å².